The van der Waals surface area contributed by atoms with Crippen LogP contribution in [0, 0.1) is 11.8 Å². The Bertz CT molecular complexity index is 226. The molecule has 0 aliphatic heterocycles. The molecule has 1 fully saturated rings. The maximum atomic E-state index is 11.6. The van der Waals surface area contributed by atoms with Crippen molar-refractivity contribution in [3.8, 4) is 0 Å². The zero-order valence-corrected chi connectivity index (χ0v) is 10.2. The molecule has 0 aromatic heterocycles. The lowest BCUT2D eigenvalue weighted by molar-refractivity contribution is -0.126. The van der Waals surface area contributed by atoms with Gasteiger partial charge in [0.2, 0.25) is 5.91 Å². The fourth-order valence-corrected chi connectivity index (χ4v) is 2.45. The summed E-state index contributed by atoms with van der Waals surface area (Å²) in [7, 11) is 0. The molecule has 0 aromatic rings. The van der Waals surface area contributed by atoms with Gasteiger partial charge in [0.25, 0.3) is 0 Å². The Morgan fingerprint density at radius 3 is 2.60 bits per heavy atom. The Kier molecular flexibility index (Phi) is 4.14. The first-order valence-corrected chi connectivity index (χ1v) is 6.07. The van der Waals surface area contributed by atoms with Gasteiger partial charge in [0.05, 0.1) is 5.54 Å². The zero-order valence-electron chi connectivity index (χ0n) is 10.2. The molecule has 0 radical (unpaired) electrons. The van der Waals surface area contributed by atoms with Gasteiger partial charge in [0.15, 0.2) is 0 Å². The number of primary amides is 1. The summed E-state index contributed by atoms with van der Waals surface area (Å²) in [4.78, 5) is 11.6. The minimum absolute atomic E-state index is 0.172. The van der Waals surface area contributed by atoms with Crippen LogP contribution in [0.25, 0.3) is 0 Å². The Morgan fingerprint density at radius 1 is 1.47 bits per heavy atom. The smallest absolute Gasteiger partial charge is 0.237 e. The predicted octanol–water partition coefficient (Wildman–Crippen LogP) is 1.67. The molecular weight excluding hydrogens is 188 g/mol. The second-order valence-corrected chi connectivity index (χ2v) is 5.07. The van der Waals surface area contributed by atoms with Crippen molar-refractivity contribution < 1.29 is 4.79 Å². The van der Waals surface area contributed by atoms with Gasteiger partial charge in [0, 0.05) is 0 Å². The number of nitrogens with one attached hydrogen (secondary N) is 1. The molecule has 1 aliphatic rings. The lowest BCUT2D eigenvalue weighted by Gasteiger charge is -2.41. The van der Waals surface area contributed by atoms with Gasteiger partial charge in [-0.15, -0.1) is 0 Å². The first-order valence-electron chi connectivity index (χ1n) is 6.07. The van der Waals surface area contributed by atoms with E-state index in [1.54, 1.807) is 0 Å². The monoisotopic (exact) mass is 212 g/mol. The average molecular weight is 212 g/mol. The Morgan fingerprint density at radius 2 is 2.13 bits per heavy atom. The minimum Gasteiger partial charge on any atom is -0.368 e. The molecule has 0 heterocycles. The van der Waals surface area contributed by atoms with Gasteiger partial charge in [-0.2, -0.15) is 0 Å². The molecule has 3 heteroatoms. The van der Waals surface area contributed by atoms with Crippen LogP contribution in [0.2, 0.25) is 0 Å². The number of carbonyl (C=O) groups is 1. The summed E-state index contributed by atoms with van der Waals surface area (Å²) < 4.78 is 0. The SMILES string of the molecule is CCCNC1(C(N)=O)CCC(C)C(C)C1. The standard InChI is InChI=1S/C12H24N2O/c1-4-7-14-12(11(13)15)6-5-9(2)10(3)8-12/h9-10,14H,4-8H2,1-3H3,(H2,13,15). The molecule has 0 aromatic carbocycles. The number of nitrogens with two attached hydrogens (primary N) is 1. The van der Waals surface area contributed by atoms with E-state index in [2.05, 4.69) is 26.1 Å². The summed E-state index contributed by atoms with van der Waals surface area (Å²) in [6.45, 7) is 7.46. The van der Waals surface area contributed by atoms with Crippen LogP contribution in [-0.2, 0) is 4.79 Å². The number of hydrogen-bond acceptors (Lipinski definition) is 2. The molecule has 3 N–H and O–H groups in total. The second kappa shape index (κ2) is 4.97. The summed E-state index contributed by atoms with van der Waals surface area (Å²) in [6.07, 6.45) is 3.93. The molecule has 1 amide bonds. The number of amides is 1. The van der Waals surface area contributed by atoms with Gasteiger partial charge in [0.1, 0.15) is 0 Å². The van der Waals surface area contributed by atoms with E-state index < -0.39 is 5.54 Å². The van der Waals surface area contributed by atoms with Gasteiger partial charge in [-0.25, -0.2) is 0 Å². The van der Waals surface area contributed by atoms with Crippen LogP contribution in [0.4, 0.5) is 0 Å². The average Bonchev–Trinajstić information content (AvgIpc) is 2.20. The molecule has 3 nitrogen and oxygen atoms in total. The molecule has 1 rings (SSSR count). The fraction of sp³-hybridized carbons (Fsp3) is 0.917. The maximum absolute atomic E-state index is 11.6. The van der Waals surface area contributed by atoms with E-state index >= 15 is 0 Å². The van der Waals surface area contributed by atoms with Crippen molar-refractivity contribution in [3.63, 3.8) is 0 Å². The predicted molar refractivity (Wildman–Crippen MR) is 62.4 cm³/mol. The summed E-state index contributed by atoms with van der Waals surface area (Å²) in [5.74, 6) is 1.12. The molecule has 0 spiro atoms. The van der Waals surface area contributed by atoms with Crippen molar-refractivity contribution in [2.45, 2.75) is 52.0 Å². The van der Waals surface area contributed by atoms with Crippen LogP contribution in [0.1, 0.15) is 46.5 Å². The molecule has 0 bridgehead atoms. The first kappa shape index (κ1) is 12.5. The molecule has 88 valence electrons. The van der Waals surface area contributed by atoms with Crippen molar-refractivity contribution in [2.75, 3.05) is 6.54 Å². The van der Waals surface area contributed by atoms with Crippen LogP contribution in [0.5, 0.6) is 0 Å². The van der Waals surface area contributed by atoms with Gasteiger partial charge >= 0.3 is 0 Å². The molecular formula is C12H24N2O. The molecule has 3 unspecified atom stereocenters. The lowest BCUT2D eigenvalue weighted by Crippen LogP contribution is -2.58. The Balaban J connectivity index is 2.70. The van der Waals surface area contributed by atoms with Crippen LogP contribution in [-0.4, -0.2) is 18.0 Å². The number of carbonyl (C=O) groups excluding carboxylic acids is 1. The molecule has 1 aliphatic carbocycles. The summed E-state index contributed by atoms with van der Waals surface area (Å²) in [5.41, 5.74) is 5.12. The van der Waals surface area contributed by atoms with E-state index in [1.807, 2.05) is 0 Å². The highest BCUT2D eigenvalue weighted by Crippen LogP contribution is 2.36. The van der Waals surface area contributed by atoms with Gasteiger partial charge < -0.3 is 11.1 Å². The van der Waals surface area contributed by atoms with Crippen molar-refractivity contribution in [1.82, 2.24) is 5.32 Å². The van der Waals surface area contributed by atoms with E-state index in [0.29, 0.717) is 11.8 Å². The van der Waals surface area contributed by atoms with E-state index in [9.17, 15) is 4.79 Å². The van der Waals surface area contributed by atoms with E-state index in [-0.39, 0.29) is 5.91 Å². The molecule has 0 saturated heterocycles. The third kappa shape index (κ3) is 2.71. The van der Waals surface area contributed by atoms with Crippen molar-refractivity contribution in [2.24, 2.45) is 17.6 Å². The normalized spacial score (nSPS) is 36.5. The quantitative estimate of drug-likeness (QED) is 0.744. The largest absolute Gasteiger partial charge is 0.368 e. The van der Waals surface area contributed by atoms with E-state index in [0.717, 1.165) is 32.2 Å². The molecule has 1 saturated carbocycles. The topological polar surface area (TPSA) is 55.1 Å². The van der Waals surface area contributed by atoms with Crippen LogP contribution < -0.4 is 11.1 Å². The van der Waals surface area contributed by atoms with Gasteiger partial charge in [-0.1, -0.05) is 20.8 Å². The Hall–Kier alpha value is -0.570. The molecule has 3 atom stereocenters. The van der Waals surface area contributed by atoms with Crippen LogP contribution in [0.3, 0.4) is 0 Å². The summed E-state index contributed by atoms with van der Waals surface area (Å²) >= 11 is 0. The number of hydrogen-bond donors (Lipinski definition) is 2. The van der Waals surface area contributed by atoms with Crippen molar-refractivity contribution >= 4 is 5.91 Å². The second-order valence-electron chi connectivity index (χ2n) is 5.07. The summed E-state index contributed by atoms with van der Waals surface area (Å²) in [6, 6.07) is 0. The van der Waals surface area contributed by atoms with Crippen LogP contribution >= 0.6 is 0 Å². The van der Waals surface area contributed by atoms with Crippen molar-refractivity contribution in [1.29, 1.82) is 0 Å². The highest BCUT2D eigenvalue weighted by molar-refractivity contribution is 5.84. The van der Waals surface area contributed by atoms with Crippen LogP contribution in [0.15, 0.2) is 0 Å². The van der Waals surface area contributed by atoms with Gasteiger partial charge in [-0.3, -0.25) is 4.79 Å². The highest BCUT2D eigenvalue weighted by atomic mass is 16.1. The first-order chi connectivity index (χ1) is 7.02. The maximum Gasteiger partial charge on any atom is 0.237 e. The third-order valence-electron chi connectivity index (χ3n) is 3.85. The van der Waals surface area contributed by atoms with E-state index in [4.69, 9.17) is 5.73 Å². The lowest BCUT2D eigenvalue weighted by atomic mass is 9.71. The highest BCUT2D eigenvalue weighted by Gasteiger charge is 2.41. The zero-order chi connectivity index (χ0) is 11.5. The third-order valence-corrected chi connectivity index (χ3v) is 3.85. The Labute approximate surface area is 92.8 Å². The number of rotatable bonds is 4. The fourth-order valence-electron chi connectivity index (χ4n) is 2.45. The minimum atomic E-state index is -0.429. The summed E-state index contributed by atoms with van der Waals surface area (Å²) in [5, 5.41) is 3.36. The van der Waals surface area contributed by atoms with Gasteiger partial charge in [-0.05, 0) is 44.1 Å². The molecule has 15 heavy (non-hydrogen) atoms. The van der Waals surface area contributed by atoms with Crippen molar-refractivity contribution in [3.05, 3.63) is 0 Å². The van der Waals surface area contributed by atoms with E-state index in [1.165, 1.54) is 0 Å².